The Morgan fingerprint density at radius 3 is 3.00 bits per heavy atom. The summed E-state index contributed by atoms with van der Waals surface area (Å²) in [6, 6.07) is 0. The molecule has 0 spiro atoms. The van der Waals surface area contributed by atoms with Crippen LogP contribution in [0.15, 0.2) is 22.4 Å². The van der Waals surface area contributed by atoms with Crippen molar-refractivity contribution in [1.82, 2.24) is 20.1 Å². The molecule has 7 heteroatoms. The second-order valence-corrected chi connectivity index (χ2v) is 5.92. The fourth-order valence-electron chi connectivity index (χ4n) is 1.66. The van der Waals surface area contributed by atoms with E-state index in [1.165, 1.54) is 11.3 Å². The minimum Gasteiger partial charge on any atom is -0.351 e. The lowest BCUT2D eigenvalue weighted by atomic mass is 10.3. The van der Waals surface area contributed by atoms with Crippen LogP contribution in [-0.4, -0.2) is 27.2 Å². The summed E-state index contributed by atoms with van der Waals surface area (Å²) in [6.45, 7) is 3.39. The predicted octanol–water partition coefficient (Wildman–Crippen LogP) is 2.62. The maximum Gasteiger partial charge on any atom is 0.263 e. The van der Waals surface area contributed by atoms with Crippen LogP contribution in [0, 0.1) is 6.92 Å². The number of thiazole rings is 1. The second kappa shape index (κ2) is 6.81. The predicted molar refractivity (Wildman–Crippen MR) is 78.3 cm³/mol. The Balaban J connectivity index is 1.64. The number of aryl methyl sites for hydroxylation is 2. The third-order valence-electron chi connectivity index (χ3n) is 2.65. The number of hydrogen-bond donors (Lipinski definition) is 1. The lowest BCUT2D eigenvalue weighted by molar-refractivity contribution is 0.0956. The van der Waals surface area contributed by atoms with Gasteiger partial charge in [0.25, 0.3) is 5.91 Å². The van der Waals surface area contributed by atoms with Crippen molar-refractivity contribution in [1.29, 1.82) is 0 Å². The fourth-order valence-corrected chi connectivity index (χ4v) is 2.71. The molecule has 0 aliphatic carbocycles. The van der Waals surface area contributed by atoms with Crippen LogP contribution in [0.3, 0.4) is 0 Å². The van der Waals surface area contributed by atoms with Crippen LogP contribution >= 0.6 is 27.3 Å². The topological polar surface area (TPSA) is 59.8 Å². The third-order valence-corrected chi connectivity index (χ3v) is 3.99. The van der Waals surface area contributed by atoms with E-state index in [9.17, 15) is 4.79 Å². The highest BCUT2D eigenvalue weighted by Crippen LogP contribution is 2.11. The molecule has 0 fully saturated rings. The summed E-state index contributed by atoms with van der Waals surface area (Å²) >= 11 is 4.74. The summed E-state index contributed by atoms with van der Waals surface area (Å²) in [4.78, 5) is 16.6. The molecule has 0 saturated heterocycles. The van der Waals surface area contributed by atoms with E-state index < -0.39 is 0 Å². The van der Waals surface area contributed by atoms with Gasteiger partial charge in [-0.15, -0.1) is 11.3 Å². The van der Waals surface area contributed by atoms with Crippen molar-refractivity contribution in [2.45, 2.75) is 26.3 Å². The lowest BCUT2D eigenvalue weighted by Crippen LogP contribution is -2.24. The molecule has 0 unspecified atom stereocenters. The summed E-state index contributed by atoms with van der Waals surface area (Å²) < 4.78 is 2.88. The van der Waals surface area contributed by atoms with Crippen molar-refractivity contribution >= 4 is 33.2 Å². The number of amides is 1. The largest absolute Gasteiger partial charge is 0.351 e. The number of aromatic nitrogens is 3. The first-order valence-corrected chi connectivity index (χ1v) is 7.70. The van der Waals surface area contributed by atoms with Gasteiger partial charge in [0, 0.05) is 19.3 Å². The molecule has 0 atom stereocenters. The minimum absolute atomic E-state index is 0.0261. The van der Waals surface area contributed by atoms with E-state index in [0.29, 0.717) is 11.4 Å². The summed E-state index contributed by atoms with van der Waals surface area (Å²) in [5, 5.41) is 7.09. The fraction of sp³-hybridized carbons (Fsp3) is 0.417. The summed E-state index contributed by atoms with van der Waals surface area (Å²) in [5.41, 5.74) is 2.49. The Bertz CT molecular complexity index is 551. The van der Waals surface area contributed by atoms with Crippen LogP contribution in [0.4, 0.5) is 0 Å². The Kier molecular flexibility index (Phi) is 5.09. The smallest absolute Gasteiger partial charge is 0.263 e. The molecule has 0 radical (unpaired) electrons. The quantitative estimate of drug-likeness (QED) is 0.821. The lowest BCUT2D eigenvalue weighted by Gasteiger charge is -2.04. The number of carbonyl (C=O) groups is 1. The summed E-state index contributed by atoms with van der Waals surface area (Å²) in [5.74, 6) is -0.0261. The van der Waals surface area contributed by atoms with Gasteiger partial charge in [0.15, 0.2) is 0 Å². The number of halogens is 1. The van der Waals surface area contributed by atoms with E-state index in [1.807, 2.05) is 17.8 Å². The Labute approximate surface area is 124 Å². The third kappa shape index (κ3) is 4.14. The minimum atomic E-state index is -0.0261. The van der Waals surface area contributed by atoms with Crippen molar-refractivity contribution < 1.29 is 4.79 Å². The molecule has 0 bridgehead atoms. The van der Waals surface area contributed by atoms with E-state index in [4.69, 9.17) is 0 Å². The average molecular weight is 343 g/mol. The van der Waals surface area contributed by atoms with Crippen LogP contribution in [0.5, 0.6) is 0 Å². The first kappa shape index (κ1) is 14.2. The molecule has 0 aromatic carbocycles. The Morgan fingerprint density at radius 2 is 2.37 bits per heavy atom. The van der Waals surface area contributed by atoms with Gasteiger partial charge in [0.05, 0.1) is 21.9 Å². The molecule has 2 aromatic heterocycles. The van der Waals surface area contributed by atoms with Gasteiger partial charge >= 0.3 is 0 Å². The standard InChI is InChI=1S/C12H15BrN4OS/c1-9-11(19-8-15-9)12(18)14-4-2-3-5-17-7-10(13)6-16-17/h6-8H,2-5H2,1H3,(H,14,18). The van der Waals surface area contributed by atoms with Crippen molar-refractivity contribution in [2.75, 3.05) is 6.54 Å². The van der Waals surface area contributed by atoms with Crippen LogP contribution in [0.25, 0.3) is 0 Å². The van der Waals surface area contributed by atoms with Crippen molar-refractivity contribution in [3.05, 3.63) is 32.9 Å². The first-order chi connectivity index (χ1) is 9.16. The number of unbranched alkanes of at least 4 members (excludes halogenated alkanes) is 1. The molecule has 0 aliphatic rings. The molecule has 1 amide bonds. The maximum absolute atomic E-state index is 11.8. The Morgan fingerprint density at radius 1 is 1.53 bits per heavy atom. The molecule has 19 heavy (non-hydrogen) atoms. The first-order valence-electron chi connectivity index (χ1n) is 6.03. The van der Waals surface area contributed by atoms with Gasteiger partial charge in [0.1, 0.15) is 4.88 Å². The van der Waals surface area contributed by atoms with Crippen LogP contribution < -0.4 is 5.32 Å². The van der Waals surface area contributed by atoms with E-state index in [2.05, 4.69) is 31.3 Å². The number of rotatable bonds is 6. The van der Waals surface area contributed by atoms with E-state index >= 15 is 0 Å². The highest BCUT2D eigenvalue weighted by atomic mass is 79.9. The molecule has 0 saturated carbocycles. The van der Waals surface area contributed by atoms with Crippen LogP contribution in [-0.2, 0) is 6.54 Å². The van der Waals surface area contributed by atoms with Gasteiger partial charge in [-0.3, -0.25) is 9.48 Å². The molecular formula is C12H15BrN4OS. The molecular weight excluding hydrogens is 328 g/mol. The zero-order valence-electron chi connectivity index (χ0n) is 10.6. The normalized spacial score (nSPS) is 10.6. The van der Waals surface area contributed by atoms with Gasteiger partial charge in [-0.2, -0.15) is 5.10 Å². The number of nitrogens with one attached hydrogen (secondary N) is 1. The average Bonchev–Trinajstić information content (AvgIpc) is 2.97. The van der Waals surface area contributed by atoms with Crippen molar-refractivity contribution in [3.8, 4) is 0 Å². The van der Waals surface area contributed by atoms with Gasteiger partial charge < -0.3 is 5.32 Å². The van der Waals surface area contributed by atoms with Gasteiger partial charge in [0.2, 0.25) is 0 Å². The molecule has 2 aromatic rings. The highest BCUT2D eigenvalue weighted by molar-refractivity contribution is 9.10. The molecule has 2 heterocycles. The molecule has 102 valence electrons. The zero-order chi connectivity index (χ0) is 13.7. The van der Waals surface area contributed by atoms with Gasteiger partial charge in [-0.05, 0) is 35.7 Å². The van der Waals surface area contributed by atoms with E-state index in [-0.39, 0.29) is 5.91 Å². The van der Waals surface area contributed by atoms with Gasteiger partial charge in [-0.1, -0.05) is 0 Å². The zero-order valence-corrected chi connectivity index (χ0v) is 13.0. The van der Waals surface area contributed by atoms with E-state index in [0.717, 1.165) is 29.6 Å². The molecule has 5 nitrogen and oxygen atoms in total. The van der Waals surface area contributed by atoms with Crippen molar-refractivity contribution in [2.24, 2.45) is 0 Å². The molecule has 2 rings (SSSR count). The SMILES string of the molecule is Cc1ncsc1C(=O)NCCCCn1cc(Br)cn1. The maximum atomic E-state index is 11.8. The number of carbonyl (C=O) groups excluding carboxylic acids is 1. The van der Waals surface area contributed by atoms with Gasteiger partial charge in [-0.25, -0.2) is 4.98 Å². The Hall–Kier alpha value is -1.21. The monoisotopic (exact) mass is 342 g/mol. The summed E-state index contributed by atoms with van der Waals surface area (Å²) in [6.07, 6.45) is 5.63. The molecule has 0 aliphatic heterocycles. The molecule has 1 N–H and O–H groups in total. The number of hydrogen-bond acceptors (Lipinski definition) is 4. The number of nitrogens with zero attached hydrogens (tertiary/aromatic N) is 3. The van der Waals surface area contributed by atoms with Crippen molar-refractivity contribution in [3.63, 3.8) is 0 Å². The van der Waals surface area contributed by atoms with Crippen LogP contribution in [0.1, 0.15) is 28.2 Å². The van der Waals surface area contributed by atoms with E-state index in [1.54, 1.807) is 11.7 Å². The summed E-state index contributed by atoms with van der Waals surface area (Å²) in [7, 11) is 0. The second-order valence-electron chi connectivity index (χ2n) is 4.15. The van der Waals surface area contributed by atoms with Crippen LogP contribution in [0.2, 0.25) is 0 Å². The highest BCUT2D eigenvalue weighted by Gasteiger charge is 2.10.